The Labute approximate surface area is 186 Å². The van der Waals surface area contributed by atoms with E-state index < -0.39 is 11.7 Å². The van der Waals surface area contributed by atoms with Crippen LogP contribution in [0, 0.1) is 0 Å². The number of benzene rings is 2. The number of pyridine rings is 1. The van der Waals surface area contributed by atoms with E-state index in [1.54, 1.807) is 18.6 Å². The van der Waals surface area contributed by atoms with Gasteiger partial charge in [0.1, 0.15) is 18.5 Å². The van der Waals surface area contributed by atoms with Crippen LogP contribution < -0.4 is 16.2 Å². The fourth-order valence-electron chi connectivity index (χ4n) is 4.01. The first-order valence-electron chi connectivity index (χ1n) is 10.6. The van der Waals surface area contributed by atoms with Crippen molar-refractivity contribution in [2.24, 2.45) is 16.5 Å². The third-order valence-corrected chi connectivity index (χ3v) is 5.85. The lowest BCUT2D eigenvalue weighted by atomic mass is 9.86. The van der Waals surface area contributed by atoms with E-state index in [4.69, 9.17) is 16.2 Å². The van der Waals surface area contributed by atoms with Gasteiger partial charge in [-0.25, -0.2) is 0 Å². The molecule has 2 atom stereocenters. The molecule has 0 radical (unpaired) electrons. The second kappa shape index (κ2) is 8.42. The van der Waals surface area contributed by atoms with E-state index in [1.807, 2.05) is 36.5 Å². The van der Waals surface area contributed by atoms with Crippen molar-refractivity contribution in [2.75, 3.05) is 0 Å². The minimum atomic E-state index is -0.788. The van der Waals surface area contributed by atoms with Crippen molar-refractivity contribution in [3.05, 3.63) is 96.5 Å². The highest BCUT2D eigenvalue weighted by Crippen LogP contribution is 2.32. The number of fused-ring (bicyclic) bond motifs is 1. The average molecular weight is 424 g/mol. The van der Waals surface area contributed by atoms with Gasteiger partial charge in [0.15, 0.2) is 0 Å². The molecule has 5 N–H and O–H groups in total. The molecule has 5 rings (SSSR count). The van der Waals surface area contributed by atoms with Gasteiger partial charge in [0, 0.05) is 42.3 Å². The summed E-state index contributed by atoms with van der Waals surface area (Å²) in [5.74, 6) is 0.776. The smallest absolute Gasteiger partial charge is 0.123 e. The minimum Gasteiger partial charge on any atom is -0.489 e. The molecule has 32 heavy (non-hydrogen) atoms. The molecule has 2 aromatic heterocycles. The second-order valence-electron chi connectivity index (χ2n) is 8.14. The van der Waals surface area contributed by atoms with E-state index in [9.17, 15) is 0 Å². The minimum absolute atomic E-state index is 0.423. The van der Waals surface area contributed by atoms with Crippen molar-refractivity contribution in [2.45, 2.75) is 24.7 Å². The van der Waals surface area contributed by atoms with Gasteiger partial charge >= 0.3 is 0 Å². The van der Waals surface area contributed by atoms with Crippen LogP contribution in [0.2, 0.25) is 0 Å². The van der Waals surface area contributed by atoms with Gasteiger partial charge in [-0.1, -0.05) is 30.3 Å². The molecule has 4 aromatic rings. The zero-order chi connectivity index (χ0) is 22.0. The number of nitrogens with one attached hydrogen (secondary N) is 1. The maximum atomic E-state index is 6.66. The number of nitrogens with two attached hydrogens (primary N) is 2. The maximum absolute atomic E-state index is 6.66. The summed E-state index contributed by atoms with van der Waals surface area (Å²) >= 11 is 0. The summed E-state index contributed by atoms with van der Waals surface area (Å²) < 4.78 is 6.19. The zero-order valence-electron chi connectivity index (χ0n) is 17.6. The topological polar surface area (TPSA) is 102 Å². The largest absolute Gasteiger partial charge is 0.489 e. The van der Waals surface area contributed by atoms with E-state index in [-0.39, 0.29) is 0 Å². The first-order chi connectivity index (χ1) is 15.6. The maximum Gasteiger partial charge on any atom is 0.123 e. The number of dihydropyridines is 1. The Kier molecular flexibility index (Phi) is 5.31. The molecule has 0 bridgehead atoms. The fourth-order valence-corrected chi connectivity index (χ4v) is 4.01. The molecular formula is C26H25N5O. The van der Waals surface area contributed by atoms with E-state index in [0.717, 1.165) is 33.5 Å². The van der Waals surface area contributed by atoms with Gasteiger partial charge in [-0.3, -0.25) is 9.98 Å². The van der Waals surface area contributed by atoms with Crippen molar-refractivity contribution in [1.29, 1.82) is 0 Å². The number of aromatic nitrogens is 2. The molecule has 2 aromatic carbocycles. The monoisotopic (exact) mass is 423 g/mol. The molecule has 1 aliphatic heterocycles. The summed E-state index contributed by atoms with van der Waals surface area (Å²) in [6.45, 7) is 0.423. The van der Waals surface area contributed by atoms with Crippen LogP contribution in [0.1, 0.15) is 11.1 Å². The van der Waals surface area contributed by atoms with Crippen LogP contribution in [-0.2, 0) is 13.0 Å². The molecule has 3 heterocycles. The third-order valence-electron chi connectivity index (χ3n) is 5.85. The summed E-state index contributed by atoms with van der Waals surface area (Å²) in [4.78, 5) is 11.7. The van der Waals surface area contributed by atoms with Gasteiger partial charge in [0.2, 0.25) is 0 Å². The normalized spacial score (nSPS) is 20.0. The number of aromatic amines is 1. The van der Waals surface area contributed by atoms with E-state index in [2.05, 4.69) is 51.4 Å². The van der Waals surface area contributed by atoms with Crippen LogP contribution in [0.25, 0.3) is 22.0 Å². The molecule has 2 unspecified atom stereocenters. The number of allylic oxidation sites excluding steroid dienone is 1. The SMILES string of the molecule is NC1N=CC=CC1(N)Cc1cc(-c2ccc3cc[nH]c3c2)ccc1OCc1cccnc1. The second-order valence-corrected chi connectivity index (χ2v) is 8.14. The lowest BCUT2D eigenvalue weighted by molar-refractivity contribution is 0.299. The molecule has 6 nitrogen and oxygen atoms in total. The Morgan fingerprint density at radius 2 is 1.94 bits per heavy atom. The highest BCUT2D eigenvalue weighted by Gasteiger charge is 2.32. The Morgan fingerprint density at radius 1 is 1.06 bits per heavy atom. The standard InChI is InChI=1S/C26H25N5O/c27-25-26(28,9-2-11-31-25)15-22-13-20(21-5-4-19-8-12-30-23(19)14-21)6-7-24(22)32-17-18-3-1-10-29-16-18/h1-14,16,25,30H,15,17,27-28H2. The molecule has 0 fully saturated rings. The quantitative estimate of drug-likeness (QED) is 0.437. The van der Waals surface area contributed by atoms with Crippen molar-refractivity contribution in [1.82, 2.24) is 9.97 Å². The Morgan fingerprint density at radius 3 is 2.78 bits per heavy atom. The van der Waals surface area contributed by atoms with Crippen molar-refractivity contribution < 1.29 is 4.74 Å². The number of ether oxygens (including phenoxy) is 1. The highest BCUT2D eigenvalue weighted by molar-refractivity contribution is 5.85. The summed E-state index contributed by atoms with van der Waals surface area (Å²) in [6.07, 6.45) is 11.0. The first-order valence-corrected chi connectivity index (χ1v) is 10.6. The fraction of sp³-hybridized carbons (Fsp3) is 0.154. The van der Waals surface area contributed by atoms with Crippen molar-refractivity contribution in [3.63, 3.8) is 0 Å². The molecule has 6 heteroatoms. The number of rotatable bonds is 6. The Balaban J connectivity index is 1.50. The molecular weight excluding hydrogens is 398 g/mol. The summed E-state index contributed by atoms with van der Waals surface area (Å²) in [6, 6.07) is 18.6. The van der Waals surface area contributed by atoms with E-state index in [0.29, 0.717) is 13.0 Å². The van der Waals surface area contributed by atoms with Gasteiger partial charge in [0.25, 0.3) is 0 Å². The molecule has 1 aliphatic rings. The lowest BCUT2D eigenvalue weighted by Crippen LogP contribution is -2.55. The van der Waals surface area contributed by atoms with Crippen LogP contribution in [0.15, 0.2) is 90.3 Å². The van der Waals surface area contributed by atoms with Crippen LogP contribution in [0.4, 0.5) is 0 Å². The van der Waals surface area contributed by atoms with Crippen molar-refractivity contribution >= 4 is 17.1 Å². The number of hydrogen-bond donors (Lipinski definition) is 3. The van der Waals surface area contributed by atoms with Gasteiger partial charge in [-0.2, -0.15) is 0 Å². The predicted octanol–water partition coefficient (Wildman–Crippen LogP) is 3.97. The number of hydrogen-bond acceptors (Lipinski definition) is 5. The van der Waals surface area contributed by atoms with E-state index in [1.165, 1.54) is 5.39 Å². The molecule has 0 spiro atoms. The average Bonchev–Trinajstić information content (AvgIpc) is 3.29. The lowest BCUT2D eigenvalue weighted by Gasteiger charge is -2.32. The van der Waals surface area contributed by atoms with Gasteiger partial charge in [0.05, 0.1) is 5.54 Å². The number of H-pyrrole nitrogens is 1. The summed E-state index contributed by atoms with van der Waals surface area (Å²) in [5.41, 5.74) is 17.4. The molecule has 0 saturated heterocycles. The summed E-state index contributed by atoms with van der Waals surface area (Å²) in [7, 11) is 0. The van der Waals surface area contributed by atoms with Crippen LogP contribution >= 0.6 is 0 Å². The zero-order valence-corrected chi connectivity index (χ0v) is 17.6. The summed E-state index contributed by atoms with van der Waals surface area (Å²) in [5, 5.41) is 1.18. The van der Waals surface area contributed by atoms with Gasteiger partial charge in [-0.05, 0) is 58.5 Å². The number of aliphatic imine (C=N–C) groups is 1. The Bertz CT molecular complexity index is 1290. The van der Waals surface area contributed by atoms with Gasteiger partial charge in [-0.15, -0.1) is 0 Å². The molecule has 0 saturated carbocycles. The van der Waals surface area contributed by atoms with Crippen molar-refractivity contribution in [3.8, 4) is 16.9 Å². The first kappa shape index (κ1) is 20.2. The molecule has 0 amide bonds. The highest BCUT2D eigenvalue weighted by atomic mass is 16.5. The molecule has 0 aliphatic carbocycles. The molecule has 160 valence electrons. The third kappa shape index (κ3) is 4.06. The Hall–Kier alpha value is -3.74. The van der Waals surface area contributed by atoms with Crippen LogP contribution in [-0.4, -0.2) is 27.9 Å². The van der Waals surface area contributed by atoms with Crippen LogP contribution in [0.3, 0.4) is 0 Å². The van der Waals surface area contributed by atoms with Gasteiger partial charge < -0.3 is 21.2 Å². The van der Waals surface area contributed by atoms with Crippen LogP contribution in [0.5, 0.6) is 5.75 Å². The number of nitrogens with zero attached hydrogens (tertiary/aromatic N) is 2. The van der Waals surface area contributed by atoms with E-state index >= 15 is 0 Å². The predicted molar refractivity (Wildman–Crippen MR) is 129 cm³/mol.